The van der Waals surface area contributed by atoms with Crippen LogP contribution in [-0.2, 0) is 11.8 Å². The number of morpholine rings is 1. The first-order valence-corrected chi connectivity index (χ1v) is 14.2. The molecule has 5 heterocycles. The third-order valence-corrected chi connectivity index (χ3v) is 7.80. The molecule has 0 bridgehead atoms. The standard InChI is InChI=1S/C29H34N8O5/c1-19(25-18-32-29(35(25)2)37(38)39)41-22-15-23-24(31-17-22)16-27(36-11-13-40-14-12-36)34-28(23)42-21-8-6-20(7-9-21)33-26-5-3-4-10-30-26/h3-5,10,15-21H,6-9,11-14H2,1-2H3,(H,30,33). The van der Waals surface area contributed by atoms with Gasteiger partial charge in [-0.1, -0.05) is 11.1 Å². The first-order valence-electron chi connectivity index (χ1n) is 14.2. The van der Waals surface area contributed by atoms with Crippen molar-refractivity contribution in [1.82, 2.24) is 24.5 Å². The number of aromatic nitrogens is 5. The van der Waals surface area contributed by atoms with E-state index in [4.69, 9.17) is 24.2 Å². The molecule has 0 spiro atoms. The van der Waals surface area contributed by atoms with Crippen LogP contribution in [-0.4, -0.2) is 67.9 Å². The van der Waals surface area contributed by atoms with Crippen LogP contribution in [0, 0.1) is 10.1 Å². The van der Waals surface area contributed by atoms with Crippen molar-refractivity contribution in [2.45, 2.75) is 50.9 Å². The molecule has 1 N–H and O–H groups in total. The lowest BCUT2D eigenvalue weighted by atomic mass is 9.93. The zero-order valence-corrected chi connectivity index (χ0v) is 23.7. The highest BCUT2D eigenvalue weighted by atomic mass is 16.6. The van der Waals surface area contributed by atoms with Gasteiger partial charge in [-0.2, -0.15) is 4.98 Å². The van der Waals surface area contributed by atoms with Gasteiger partial charge in [0.15, 0.2) is 11.8 Å². The summed E-state index contributed by atoms with van der Waals surface area (Å²) in [5.41, 5.74) is 1.33. The Morgan fingerprint density at radius 2 is 1.90 bits per heavy atom. The summed E-state index contributed by atoms with van der Waals surface area (Å²) < 4.78 is 19.7. The van der Waals surface area contributed by atoms with Crippen LogP contribution in [0.1, 0.15) is 44.4 Å². The van der Waals surface area contributed by atoms with Gasteiger partial charge >= 0.3 is 5.95 Å². The van der Waals surface area contributed by atoms with Crippen LogP contribution < -0.4 is 19.7 Å². The molecule has 220 valence electrons. The number of hydrogen-bond acceptors (Lipinski definition) is 11. The van der Waals surface area contributed by atoms with Crippen molar-refractivity contribution in [3.05, 3.63) is 64.7 Å². The van der Waals surface area contributed by atoms with Crippen molar-refractivity contribution in [2.75, 3.05) is 36.5 Å². The van der Waals surface area contributed by atoms with E-state index in [0.717, 1.165) is 61.3 Å². The van der Waals surface area contributed by atoms with Crippen LogP contribution in [0.2, 0.25) is 0 Å². The molecule has 1 atom stereocenters. The Kier molecular flexibility index (Phi) is 8.00. The summed E-state index contributed by atoms with van der Waals surface area (Å²) in [6, 6.07) is 10.1. The molecule has 4 aromatic rings. The zero-order valence-electron chi connectivity index (χ0n) is 23.7. The van der Waals surface area contributed by atoms with Crippen molar-refractivity contribution in [2.24, 2.45) is 7.05 Å². The van der Waals surface area contributed by atoms with Crippen molar-refractivity contribution in [3.63, 3.8) is 0 Å². The van der Waals surface area contributed by atoms with Crippen LogP contribution in [0.4, 0.5) is 17.6 Å². The SMILES string of the molecule is CC(Oc1cnc2cc(N3CCOCC3)nc(OC3CCC(Nc4ccccn4)CC3)c2c1)c1cnc([N+](=O)[O-])n1C. The van der Waals surface area contributed by atoms with Gasteiger partial charge in [0.1, 0.15) is 29.7 Å². The Hall–Kier alpha value is -4.52. The molecule has 1 unspecified atom stereocenters. The Morgan fingerprint density at radius 1 is 1.10 bits per heavy atom. The largest absolute Gasteiger partial charge is 0.481 e. The number of hydrogen-bond donors (Lipinski definition) is 1. The van der Waals surface area contributed by atoms with Gasteiger partial charge in [0.2, 0.25) is 5.88 Å². The van der Waals surface area contributed by atoms with Gasteiger partial charge in [0, 0.05) is 31.4 Å². The number of rotatable bonds is 9. The van der Waals surface area contributed by atoms with Crippen LogP contribution in [0.25, 0.3) is 10.9 Å². The molecule has 13 nitrogen and oxygen atoms in total. The molecular weight excluding hydrogens is 540 g/mol. The summed E-state index contributed by atoms with van der Waals surface area (Å²) in [7, 11) is 1.60. The highest BCUT2D eigenvalue weighted by Gasteiger charge is 2.26. The second kappa shape index (κ2) is 12.1. The Labute approximate surface area is 243 Å². The Bertz CT molecular complexity index is 1530. The highest BCUT2D eigenvalue weighted by molar-refractivity contribution is 5.87. The summed E-state index contributed by atoms with van der Waals surface area (Å²) in [6.07, 6.45) is 8.12. The number of imidazole rings is 1. The van der Waals surface area contributed by atoms with Gasteiger partial charge in [-0.15, -0.1) is 0 Å². The molecule has 2 fully saturated rings. The first-order chi connectivity index (χ1) is 20.4. The normalized spacial score (nSPS) is 19.8. The lowest BCUT2D eigenvalue weighted by molar-refractivity contribution is -0.396. The van der Waals surface area contributed by atoms with Gasteiger partial charge in [0.05, 0.1) is 37.4 Å². The maximum atomic E-state index is 11.2. The molecule has 42 heavy (non-hydrogen) atoms. The summed E-state index contributed by atoms with van der Waals surface area (Å²) in [5, 5.41) is 15.5. The minimum atomic E-state index is -0.517. The number of fused-ring (bicyclic) bond motifs is 1. The van der Waals surface area contributed by atoms with Crippen LogP contribution in [0.3, 0.4) is 0 Å². The van der Waals surface area contributed by atoms with Gasteiger partial charge in [-0.3, -0.25) is 4.98 Å². The quantitative estimate of drug-likeness (QED) is 0.224. The van der Waals surface area contributed by atoms with E-state index < -0.39 is 11.0 Å². The molecule has 13 heteroatoms. The molecule has 2 aliphatic rings. The van der Waals surface area contributed by atoms with Gasteiger partial charge in [-0.25, -0.2) is 9.55 Å². The van der Waals surface area contributed by atoms with E-state index in [1.807, 2.05) is 37.3 Å². The lowest BCUT2D eigenvalue weighted by Crippen LogP contribution is -2.37. The maximum Gasteiger partial charge on any atom is 0.434 e. The third kappa shape index (κ3) is 6.05. The monoisotopic (exact) mass is 574 g/mol. The zero-order chi connectivity index (χ0) is 29.1. The van der Waals surface area contributed by atoms with Gasteiger partial charge in [-0.05, 0) is 55.7 Å². The van der Waals surface area contributed by atoms with Crippen molar-refractivity contribution in [1.29, 1.82) is 0 Å². The van der Waals surface area contributed by atoms with Crippen LogP contribution >= 0.6 is 0 Å². The summed E-state index contributed by atoms with van der Waals surface area (Å²) in [5.74, 6) is 2.49. The molecule has 0 aromatic carbocycles. The van der Waals surface area contributed by atoms with E-state index in [2.05, 4.69) is 20.2 Å². The molecule has 6 rings (SSSR count). The molecule has 4 aromatic heterocycles. The Balaban J connectivity index is 1.23. The average Bonchev–Trinajstić information content (AvgIpc) is 3.41. The smallest absolute Gasteiger partial charge is 0.434 e. The maximum absolute atomic E-state index is 11.2. The van der Waals surface area contributed by atoms with Crippen LogP contribution in [0.15, 0.2) is 48.9 Å². The molecule has 1 aliphatic carbocycles. The molecular formula is C29H34N8O5. The van der Waals surface area contributed by atoms with Gasteiger partial charge < -0.3 is 34.5 Å². The van der Waals surface area contributed by atoms with E-state index in [1.54, 1.807) is 19.4 Å². The fraction of sp³-hybridized carbons (Fsp3) is 0.448. The molecule has 0 amide bonds. The highest BCUT2D eigenvalue weighted by Crippen LogP contribution is 2.34. The van der Waals surface area contributed by atoms with E-state index in [0.29, 0.717) is 36.6 Å². The van der Waals surface area contributed by atoms with E-state index in [9.17, 15) is 10.1 Å². The van der Waals surface area contributed by atoms with E-state index in [1.165, 1.54) is 10.8 Å². The average molecular weight is 575 g/mol. The molecule has 1 saturated heterocycles. The Morgan fingerprint density at radius 3 is 2.62 bits per heavy atom. The minimum Gasteiger partial charge on any atom is -0.481 e. The van der Waals surface area contributed by atoms with Crippen molar-refractivity contribution in [3.8, 4) is 11.6 Å². The molecule has 1 saturated carbocycles. The lowest BCUT2D eigenvalue weighted by Gasteiger charge is -2.31. The number of nitrogens with one attached hydrogen (secondary N) is 1. The minimum absolute atomic E-state index is 0.0147. The second-order valence-corrected chi connectivity index (χ2v) is 10.6. The number of nitro groups is 1. The molecule has 0 radical (unpaired) electrons. The van der Waals surface area contributed by atoms with Crippen molar-refractivity contribution < 1.29 is 19.1 Å². The number of ether oxygens (including phenoxy) is 3. The fourth-order valence-corrected chi connectivity index (χ4v) is 5.53. The number of pyridine rings is 3. The van der Waals surface area contributed by atoms with E-state index >= 15 is 0 Å². The summed E-state index contributed by atoms with van der Waals surface area (Å²) >= 11 is 0. The summed E-state index contributed by atoms with van der Waals surface area (Å²) in [4.78, 5) is 30.9. The summed E-state index contributed by atoms with van der Waals surface area (Å²) in [6.45, 7) is 4.61. The number of nitrogens with zero attached hydrogens (tertiary/aromatic N) is 7. The third-order valence-electron chi connectivity index (χ3n) is 7.80. The fourth-order valence-electron chi connectivity index (χ4n) is 5.53. The predicted octanol–water partition coefficient (Wildman–Crippen LogP) is 4.45. The second-order valence-electron chi connectivity index (χ2n) is 10.6. The van der Waals surface area contributed by atoms with E-state index in [-0.39, 0.29) is 12.1 Å². The number of anilines is 2. The van der Waals surface area contributed by atoms with Crippen molar-refractivity contribution >= 4 is 28.5 Å². The molecule has 1 aliphatic heterocycles. The predicted molar refractivity (Wildman–Crippen MR) is 156 cm³/mol. The first kappa shape index (κ1) is 27.6. The van der Waals surface area contributed by atoms with Crippen LogP contribution in [0.5, 0.6) is 11.6 Å². The topological polar surface area (TPSA) is 143 Å². The van der Waals surface area contributed by atoms with Gasteiger partial charge in [0.25, 0.3) is 0 Å².